The van der Waals surface area contributed by atoms with Crippen molar-refractivity contribution in [1.82, 2.24) is 5.06 Å². The third-order valence-corrected chi connectivity index (χ3v) is 4.05. The smallest absolute Gasteiger partial charge is 0.150 e. The molecule has 1 radical (unpaired) electrons. The van der Waals surface area contributed by atoms with E-state index in [-0.39, 0.29) is 6.04 Å². The molecular weight excluding hydrogens is 310 g/mol. The second-order valence-electron chi connectivity index (χ2n) is 6.58. The summed E-state index contributed by atoms with van der Waals surface area (Å²) in [6.07, 6.45) is 1.30. The number of carbonyl (C=O) groups is 1. The van der Waals surface area contributed by atoms with E-state index in [0.29, 0.717) is 17.0 Å². The molecule has 0 saturated heterocycles. The lowest BCUT2D eigenvalue weighted by atomic mass is 9.93. The molecule has 23 heavy (non-hydrogen) atoms. The maximum atomic E-state index is 12.8. The van der Waals surface area contributed by atoms with Gasteiger partial charge in [-0.15, -0.1) is 10.3 Å². The largest absolute Gasteiger partial charge is 0.298 e. The summed E-state index contributed by atoms with van der Waals surface area (Å²) >= 11 is 5.96. The van der Waals surface area contributed by atoms with Crippen LogP contribution in [0.3, 0.4) is 0 Å². The van der Waals surface area contributed by atoms with Gasteiger partial charge in [0.05, 0.1) is 6.04 Å². The van der Waals surface area contributed by atoms with Gasteiger partial charge in [-0.05, 0) is 50.5 Å². The molecule has 1 unspecified atom stereocenters. The average Bonchev–Trinajstić information content (AvgIpc) is 2.52. The van der Waals surface area contributed by atoms with Crippen LogP contribution in [0.2, 0.25) is 5.02 Å². The fourth-order valence-corrected chi connectivity index (χ4v) is 2.66. The molecule has 0 aromatic heterocycles. The SMILES string of the molecule is CC(C)(C)N([O])C(Cc1ccccc1C=O)c1ccc(Cl)cc1. The summed E-state index contributed by atoms with van der Waals surface area (Å²) in [5.74, 6) is 0. The summed E-state index contributed by atoms with van der Waals surface area (Å²) in [4.78, 5) is 11.2. The highest BCUT2D eigenvalue weighted by Gasteiger charge is 2.31. The highest BCUT2D eigenvalue weighted by Crippen LogP contribution is 2.31. The Hall–Kier alpha value is -1.68. The first kappa shape index (κ1) is 17.7. The molecule has 0 fully saturated rings. The minimum Gasteiger partial charge on any atom is -0.298 e. The van der Waals surface area contributed by atoms with Crippen molar-refractivity contribution in [3.8, 4) is 0 Å². The lowest BCUT2D eigenvalue weighted by Crippen LogP contribution is -2.41. The maximum absolute atomic E-state index is 12.8. The Morgan fingerprint density at radius 3 is 2.26 bits per heavy atom. The van der Waals surface area contributed by atoms with Gasteiger partial charge in [-0.25, -0.2) is 0 Å². The molecule has 2 aromatic carbocycles. The van der Waals surface area contributed by atoms with E-state index in [2.05, 4.69) is 0 Å². The Labute approximate surface area is 142 Å². The number of carbonyl (C=O) groups excluding carboxylic acids is 1. The molecule has 0 amide bonds. The molecule has 0 aliphatic rings. The van der Waals surface area contributed by atoms with E-state index in [9.17, 15) is 10.0 Å². The molecule has 4 heteroatoms. The number of benzene rings is 2. The Kier molecular flexibility index (Phi) is 5.58. The highest BCUT2D eigenvalue weighted by molar-refractivity contribution is 6.30. The number of aldehydes is 1. The van der Waals surface area contributed by atoms with Crippen LogP contribution in [0.25, 0.3) is 0 Å². The zero-order chi connectivity index (χ0) is 17.0. The minimum absolute atomic E-state index is 0.381. The van der Waals surface area contributed by atoms with Crippen LogP contribution in [-0.2, 0) is 11.6 Å². The molecule has 0 aliphatic heterocycles. The lowest BCUT2D eigenvalue weighted by molar-refractivity contribution is -0.241. The van der Waals surface area contributed by atoms with Gasteiger partial charge in [0.2, 0.25) is 0 Å². The van der Waals surface area contributed by atoms with Crippen molar-refractivity contribution in [2.75, 3.05) is 0 Å². The van der Waals surface area contributed by atoms with E-state index in [0.717, 1.165) is 22.5 Å². The molecular formula is C19H21ClNO2. The van der Waals surface area contributed by atoms with Crippen LogP contribution in [0.15, 0.2) is 48.5 Å². The maximum Gasteiger partial charge on any atom is 0.150 e. The van der Waals surface area contributed by atoms with E-state index in [1.165, 1.54) is 0 Å². The fourth-order valence-electron chi connectivity index (χ4n) is 2.53. The van der Waals surface area contributed by atoms with Gasteiger partial charge < -0.3 is 0 Å². The monoisotopic (exact) mass is 330 g/mol. The van der Waals surface area contributed by atoms with E-state index in [1.807, 2.05) is 51.1 Å². The molecule has 0 bridgehead atoms. The third kappa shape index (κ3) is 4.41. The van der Waals surface area contributed by atoms with Crippen LogP contribution in [-0.4, -0.2) is 16.9 Å². The van der Waals surface area contributed by atoms with E-state index >= 15 is 0 Å². The van der Waals surface area contributed by atoms with Crippen LogP contribution in [0, 0.1) is 0 Å². The Morgan fingerprint density at radius 1 is 1.09 bits per heavy atom. The summed E-state index contributed by atoms with van der Waals surface area (Å²) < 4.78 is 0. The van der Waals surface area contributed by atoms with Crippen LogP contribution < -0.4 is 0 Å². The summed E-state index contributed by atoms with van der Waals surface area (Å²) in [5, 5.41) is 14.6. The Morgan fingerprint density at radius 2 is 1.70 bits per heavy atom. The standard InChI is InChI=1S/C19H21ClNO2/c1-19(2,3)21(23)18(14-8-10-17(20)11-9-14)12-15-6-4-5-7-16(15)13-22/h4-11,13,18H,12H2,1-3H3. The molecule has 2 rings (SSSR count). The van der Waals surface area contributed by atoms with Crippen molar-refractivity contribution in [2.45, 2.75) is 38.8 Å². The highest BCUT2D eigenvalue weighted by atomic mass is 35.5. The number of hydrogen-bond donors (Lipinski definition) is 0. The van der Waals surface area contributed by atoms with Crippen molar-refractivity contribution in [3.63, 3.8) is 0 Å². The number of rotatable bonds is 5. The summed E-state index contributed by atoms with van der Waals surface area (Å²) in [7, 11) is 0. The molecule has 121 valence electrons. The van der Waals surface area contributed by atoms with Gasteiger partial charge in [0.15, 0.2) is 0 Å². The molecule has 3 nitrogen and oxygen atoms in total. The van der Waals surface area contributed by atoms with Gasteiger partial charge in [-0.1, -0.05) is 48.0 Å². The van der Waals surface area contributed by atoms with Gasteiger partial charge in [0.25, 0.3) is 0 Å². The molecule has 0 spiro atoms. The second kappa shape index (κ2) is 7.26. The first-order valence-electron chi connectivity index (χ1n) is 7.58. The predicted molar refractivity (Wildman–Crippen MR) is 92.0 cm³/mol. The first-order chi connectivity index (χ1) is 10.8. The number of nitrogens with zero attached hydrogens (tertiary/aromatic N) is 1. The average molecular weight is 331 g/mol. The summed E-state index contributed by atoms with van der Waals surface area (Å²) in [5.41, 5.74) is 1.84. The van der Waals surface area contributed by atoms with Crippen LogP contribution in [0.1, 0.15) is 48.3 Å². The third-order valence-electron chi connectivity index (χ3n) is 3.79. The van der Waals surface area contributed by atoms with Gasteiger partial charge in [0.1, 0.15) is 6.29 Å². The number of halogens is 1. The van der Waals surface area contributed by atoms with Gasteiger partial charge in [-0.2, -0.15) is 0 Å². The minimum atomic E-state index is -0.541. The topological polar surface area (TPSA) is 40.2 Å². The summed E-state index contributed by atoms with van der Waals surface area (Å²) in [6.45, 7) is 5.65. The molecule has 0 aliphatic carbocycles. The fraction of sp³-hybridized carbons (Fsp3) is 0.316. The van der Waals surface area contributed by atoms with Crippen molar-refractivity contribution in [1.29, 1.82) is 0 Å². The molecule has 0 heterocycles. The van der Waals surface area contributed by atoms with Crippen molar-refractivity contribution < 1.29 is 10.0 Å². The Bertz CT molecular complexity index is 662. The zero-order valence-corrected chi connectivity index (χ0v) is 14.4. The molecule has 0 saturated carbocycles. The molecule has 2 aromatic rings. The van der Waals surface area contributed by atoms with Crippen LogP contribution >= 0.6 is 11.6 Å². The lowest BCUT2D eigenvalue weighted by Gasteiger charge is -2.35. The molecule has 0 N–H and O–H groups in total. The number of hydrogen-bond acceptors (Lipinski definition) is 2. The van der Waals surface area contributed by atoms with Gasteiger partial charge in [0, 0.05) is 16.1 Å². The predicted octanol–water partition coefficient (Wildman–Crippen LogP) is 4.88. The van der Waals surface area contributed by atoms with E-state index in [4.69, 9.17) is 11.6 Å². The van der Waals surface area contributed by atoms with Crippen molar-refractivity contribution in [3.05, 3.63) is 70.2 Å². The van der Waals surface area contributed by atoms with Gasteiger partial charge in [-0.3, -0.25) is 4.79 Å². The Balaban J connectivity index is 2.41. The first-order valence-corrected chi connectivity index (χ1v) is 7.95. The summed E-state index contributed by atoms with van der Waals surface area (Å²) in [6, 6.07) is 14.3. The van der Waals surface area contributed by atoms with E-state index in [1.54, 1.807) is 18.2 Å². The quantitative estimate of drug-likeness (QED) is 0.579. The van der Waals surface area contributed by atoms with Crippen molar-refractivity contribution in [2.24, 2.45) is 0 Å². The zero-order valence-electron chi connectivity index (χ0n) is 13.6. The normalized spacial score (nSPS) is 13.1. The number of hydroxylamine groups is 2. The van der Waals surface area contributed by atoms with Crippen LogP contribution in [0.4, 0.5) is 0 Å². The molecule has 1 atom stereocenters. The second-order valence-corrected chi connectivity index (χ2v) is 7.02. The van der Waals surface area contributed by atoms with E-state index < -0.39 is 5.54 Å². The van der Waals surface area contributed by atoms with Crippen molar-refractivity contribution >= 4 is 17.9 Å². The van der Waals surface area contributed by atoms with Crippen LogP contribution in [0.5, 0.6) is 0 Å². The van der Waals surface area contributed by atoms with Gasteiger partial charge >= 0.3 is 0 Å².